The quantitative estimate of drug-likeness (QED) is 0.393. The first-order valence-corrected chi connectivity index (χ1v) is 13.3. The van der Waals surface area contributed by atoms with E-state index < -0.39 is 59.5 Å². The van der Waals surface area contributed by atoms with Crippen molar-refractivity contribution in [1.82, 2.24) is 13.3 Å². The molecule has 1 saturated heterocycles. The van der Waals surface area contributed by atoms with Crippen LogP contribution in [0, 0.1) is 0 Å². The molecule has 17 heteroatoms. The first-order chi connectivity index (χ1) is 13.4. The maximum Gasteiger partial charge on any atom is 0.512 e. The molecule has 0 aromatic heterocycles. The number of hydrogen-bond acceptors (Lipinski definition) is 9. The molecule has 11 nitrogen and oxygen atoms in total. The summed E-state index contributed by atoms with van der Waals surface area (Å²) in [6, 6.07) is -0.713. The van der Waals surface area contributed by atoms with E-state index in [0.717, 1.165) is 4.31 Å². The third-order valence-electron chi connectivity index (χ3n) is 4.36. The second-order valence-electron chi connectivity index (χ2n) is 6.78. The van der Waals surface area contributed by atoms with Crippen molar-refractivity contribution in [2.45, 2.75) is 37.9 Å². The molecule has 0 aromatic carbocycles. The molecule has 178 valence electrons. The van der Waals surface area contributed by atoms with Gasteiger partial charge in [-0.1, -0.05) is 0 Å². The smallest absolute Gasteiger partial charge is 0.468 e. The summed E-state index contributed by atoms with van der Waals surface area (Å²) < 4.78 is 113. The number of esters is 1. The summed E-state index contributed by atoms with van der Waals surface area (Å²) in [5, 5.41) is 0. The van der Waals surface area contributed by atoms with Crippen molar-refractivity contribution < 1.29 is 48.0 Å². The number of rotatable bonds is 9. The maximum atomic E-state index is 12.5. The highest BCUT2D eigenvalue weighted by Gasteiger charge is 2.48. The molecule has 0 aliphatic carbocycles. The van der Waals surface area contributed by atoms with Crippen molar-refractivity contribution in [3.63, 3.8) is 0 Å². The molecular formula is C13H24F3N3O8S3. The number of sulfonamides is 3. The standard InChI is InChI=1S/C13H24F3N3O8S3/c1-10-7-18(8-11(2)19(10)9-12(20)27-3)29(23,24)6-4-5-28(21,22)17-30(25,26)13(14,15)16/h10-11,17H,4-9H2,1-3H3. The number of methoxy groups -OCH3 is 1. The number of carbonyl (C=O) groups is 1. The zero-order valence-electron chi connectivity index (χ0n) is 16.4. The van der Waals surface area contributed by atoms with Crippen molar-refractivity contribution in [3.8, 4) is 0 Å². The third kappa shape index (κ3) is 7.30. The summed E-state index contributed by atoms with van der Waals surface area (Å²) in [4.78, 5) is 13.2. The van der Waals surface area contributed by atoms with Gasteiger partial charge in [-0.25, -0.2) is 25.3 Å². The molecule has 2 atom stereocenters. The molecule has 1 N–H and O–H groups in total. The minimum absolute atomic E-state index is 0.0110. The first kappa shape index (κ1) is 27.0. The van der Waals surface area contributed by atoms with Crippen molar-refractivity contribution in [1.29, 1.82) is 0 Å². The fourth-order valence-corrected chi connectivity index (χ4v) is 7.29. The second-order valence-corrected chi connectivity index (χ2v) is 12.6. The number of alkyl halides is 3. The lowest BCUT2D eigenvalue weighted by atomic mass is 10.1. The van der Waals surface area contributed by atoms with Crippen LogP contribution < -0.4 is 4.13 Å². The zero-order chi connectivity index (χ0) is 23.5. The van der Waals surface area contributed by atoms with Gasteiger partial charge < -0.3 is 4.74 Å². The van der Waals surface area contributed by atoms with Crippen LogP contribution in [0.25, 0.3) is 0 Å². The average Bonchev–Trinajstić information content (AvgIpc) is 2.55. The van der Waals surface area contributed by atoms with Crippen LogP contribution >= 0.6 is 0 Å². The summed E-state index contributed by atoms with van der Waals surface area (Å²) in [7, 11) is -13.8. The second kappa shape index (κ2) is 9.64. The summed E-state index contributed by atoms with van der Waals surface area (Å²) in [5.74, 6) is -2.33. The summed E-state index contributed by atoms with van der Waals surface area (Å²) in [6.45, 7) is 3.37. The third-order valence-corrected chi connectivity index (χ3v) is 9.58. The van der Waals surface area contributed by atoms with E-state index in [1.54, 1.807) is 18.7 Å². The van der Waals surface area contributed by atoms with E-state index in [-0.39, 0.29) is 31.7 Å². The Balaban J connectivity index is 2.72. The summed E-state index contributed by atoms with van der Waals surface area (Å²) >= 11 is 0. The Labute approximate surface area is 173 Å². The number of carbonyl (C=O) groups excluding carboxylic acids is 1. The molecule has 0 radical (unpaired) electrons. The van der Waals surface area contributed by atoms with Crippen molar-refractivity contribution in [3.05, 3.63) is 0 Å². The monoisotopic (exact) mass is 503 g/mol. The summed E-state index contributed by atoms with van der Waals surface area (Å²) in [6.07, 6.45) is -0.615. The molecule has 0 amide bonds. The Hall–Kier alpha value is -1.01. The predicted octanol–water partition coefficient (Wildman–Crippen LogP) is -0.957. The SMILES string of the molecule is COC(=O)CN1C(C)CN(S(=O)(=O)CCCS(=O)(=O)NS(=O)(=O)C(F)(F)F)CC1C. The Morgan fingerprint density at radius 3 is 1.97 bits per heavy atom. The minimum Gasteiger partial charge on any atom is -0.468 e. The molecule has 2 unspecified atom stereocenters. The van der Waals surface area contributed by atoms with Crippen LogP contribution in [0.3, 0.4) is 0 Å². The van der Waals surface area contributed by atoms with Crippen LogP contribution in [0.5, 0.6) is 0 Å². The largest absolute Gasteiger partial charge is 0.512 e. The van der Waals surface area contributed by atoms with E-state index in [9.17, 15) is 43.2 Å². The lowest BCUT2D eigenvalue weighted by Crippen LogP contribution is -2.59. The number of piperazine rings is 1. The van der Waals surface area contributed by atoms with Gasteiger partial charge in [0.25, 0.3) is 0 Å². The van der Waals surface area contributed by atoms with Crippen LogP contribution in [0.4, 0.5) is 13.2 Å². The molecule has 1 aliphatic heterocycles. The Morgan fingerprint density at radius 1 is 1.03 bits per heavy atom. The molecule has 30 heavy (non-hydrogen) atoms. The van der Waals surface area contributed by atoms with Gasteiger partial charge >= 0.3 is 21.5 Å². The van der Waals surface area contributed by atoms with Gasteiger partial charge in [0, 0.05) is 25.2 Å². The van der Waals surface area contributed by atoms with Gasteiger partial charge in [0.05, 0.1) is 25.2 Å². The molecule has 1 rings (SSSR count). The Bertz CT molecular complexity index is 922. The van der Waals surface area contributed by atoms with Crippen LogP contribution in [-0.4, -0.2) is 96.3 Å². The fraction of sp³-hybridized carbons (Fsp3) is 0.923. The minimum atomic E-state index is -6.12. The molecule has 0 aromatic rings. The fourth-order valence-electron chi connectivity index (χ4n) is 2.88. The number of nitrogens with zero attached hydrogens (tertiary/aromatic N) is 2. The van der Waals surface area contributed by atoms with Crippen molar-refractivity contribution in [2.75, 3.05) is 38.2 Å². The van der Waals surface area contributed by atoms with E-state index in [1.807, 2.05) is 0 Å². The lowest BCUT2D eigenvalue weighted by molar-refractivity contribution is -0.143. The normalized spacial score (nSPS) is 22.7. The van der Waals surface area contributed by atoms with Gasteiger partial charge in [-0.3, -0.25) is 9.69 Å². The maximum absolute atomic E-state index is 12.5. The highest BCUT2D eigenvalue weighted by atomic mass is 32.3. The van der Waals surface area contributed by atoms with Gasteiger partial charge in [-0.15, -0.1) is 4.13 Å². The summed E-state index contributed by atoms with van der Waals surface area (Å²) in [5.41, 5.74) is -5.82. The molecular weight excluding hydrogens is 479 g/mol. The molecule has 1 aliphatic rings. The van der Waals surface area contributed by atoms with Crippen LogP contribution in [-0.2, 0) is 39.6 Å². The van der Waals surface area contributed by atoms with E-state index in [0.29, 0.717) is 4.13 Å². The number of halogens is 3. The number of hydrogen-bond donors (Lipinski definition) is 1. The molecule has 1 fully saturated rings. The number of ether oxygens (including phenoxy) is 1. The topological polar surface area (TPSA) is 147 Å². The molecule has 0 saturated carbocycles. The predicted molar refractivity (Wildman–Crippen MR) is 99.5 cm³/mol. The highest BCUT2D eigenvalue weighted by Crippen LogP contribution is 2.22. The van der Waals surface area contributed by atoms with Gasteiger partial charge in [0.2, 0.25) is 20.0 Å². The lowest BCUT2D eigenvalue weighted by Gasteiger charge is -2.43. The van der Waals surface area contributed by atoms with E-state index in [1.165, 1.54) is 7.11 Å². The van der Waals surface area contributed by atoms with E-state index in [2.05, 4.69) is 4.74 Å². The van der Waals surface area contributed by atoms with E-state index >= 15 is 0 Å². The van der Waals surface area contributed by atoms with Crippen molar-refractivity contribution >= 4 is 36.0 Å². The van der Waals surface area contributed by atoms with Crippen LogP contribution in [0.1, 0.15) is 20.3 Å². The van der Waals surface area contributed by atoms with Gasteiger partial charge in [-0.2, -0.15) is 17.5 Å². The average molecular weight is 504 g/mol. The van der Waals surface area contributed by atoms with Gasteiger partial charge in [0.15, 0.2) is 0 Å². The van der Waals surface area contributed by atoms with Gasteiger partial charge in [-0.05, 0) is 20.3 Å². The molecule has 0 spiro atoms. The van der Waals surface area contributed by atoms with Crippen LogP contribution in [0.2, 0.25) is 0 Å². The Kier molecular flexibility index (Phi) is 8.68. The zero-order valence-corrected chi connectivity index (χ0v) is 18.9. The Morgan fingerprint density at radius 2 is 1.53 bits per heavy atom. The van der Waals surface area contributed by atoms with E-state index in [4.69, 9.17) is 0 Å². The first-order valence-electron chi connectivity index (χ1n) is 8.55. The molecule has 1 heterocycles. The van der Waals surface area contributed by atoms with Crippen LogP contribution in [0.15, 0.2) is 0 Å². The highest BCUT2D eigenvalue weighted by molar-refractivity contribution is 8.05. The molecule has 0 bridgehead atoms. The van der Waals surface area contributed by atoms with Crippen molar-refractivity contribution in [2.24, 2.45) is 0 Å². The number of nitrogens with one attached hydrogen (secondary N) is 1. The van der Waals surface area contributed by atoms with Gasteiger partial charge in [0.1, 0.15) is 0 Å².